The van der Waals surface area contributed by atoms with Gasteiger partial charge in [-0.25, -0.2) is 4.58 Å². The molecule has 0 saturated carbocycles. The van der Waals surface area contributed by atoms with E-state index in [1.807, 2.05) is 11.8 Å². The first-order valence-electron chi connectivity index (χ1n) is 4.44. The van der Waals surface area contributed by atoms with Crippen molar-refractivity contribution in [2.24, 2.45) is 0 Å². The molecule has 12 heavy (non-hydrogen) atoms. The third kappa shape index (κ3) is 1.14. The lowest BCUT2D eigenvalue weighted by Crippen LogP contribution is -2.29. The Hall–Kier alpha value is -0.500. The Balaban J connectivity index is 2.29. The Kier molecular flexibility index (Phi) is 2.09. The van der Waals surface area contributed by atoms with E-state index in [9.17, 15) is 0 Å². The lowest BCUT2D eigenvalue weighted by Gasteiger charge is -2.11. The fourth-order valence-corrected chi connectivity index (χ4v) is 3.20. The number of hydrogen-bond donors (Lipinski definition) is 0. The summed E-state index contributed by atoms with van der Waals surface area (Å²) >= 11 is 1.99. The fraction of sp³-hybridized carbons (Fsp3) is 0.500. The van der Waals surface area contributed by atoms with Crippen molar-refractivity contribution < 1.29 is 4.58 Å². The molecule has 1 heterocycles. The third-order valence-electron chi connectivity index (χ3n) is 2.47. The number of rotatable bonds is 1. The van der Waals surface area contributed by atoms with Gasteiger partial charge in [0.15, 0.2) is 6.04 Å². The van der Waals surface area contributed by atoms with Gasteiger partial charge in [-0.2, -0.15) is 0 Å². The first-order chi connectivity index (χ1) is 5.83. The molecule has 1 aliphatic heterocycles. The van der Waals surface area contributed by atoms with Crippen LogP contribution in [-0.2, 0) is 0 Å². The van der Waals surface area contributed by atoms with Crippen molar-refractivity contribution in [3.05, 3.63) is 24.3 Å². The predicted octanol–water partition coefficient (Wildman–Crippen LogP) is 2.05. The second-order valence-corrected chi connectivity index (χ2v) is 4.52. The van der Waals surface area contributed by atoms with Gasteiger partial charge in [0, 0.05) is 6.92 Å². The van der Waals surface area contributed by atoms with Crippen LogP contribution < -0.4 is 0 Å². The summed E-state index contributed by atoms with van der Waals surface area (Å²) in [5.41, 5.74) is 0. The number of nitrogens with zero attached hydrogens (tertiary/aromatic N) is 1. The smallest absolute Gasteiger partial charge is 0.208 e. The molecule has 0 amide bonds. The molecule has 0 spiro atoms. The maximum Gasteiger partial charge on any atom is 0.208 e. The molecule has 0 aromatic rings. The van der Waals surface area contributed by atoms with Crippen LogP contribution in [-0.4, -0.2) is 27.5 Å². The minimum absolute atomic E-state index is 0.616. The van der Waals surface area contributed by atoms with Crippen LogP contribution in [0.2, 0.25) is 0 Å². The van der Waals surface area contributed by atoms with Gasteiger partial charge in [0.25, 0.3) is 0 Å². The highest BCUT2D eigenvalue weighted by Gasteiger charge is 2.37. The molecule has 64 valence electrons. The van der Waals surface area contributed by atoms with Gasteiger partial charge < -0.3 is 0 Å². The van der Waals surface area contributed by atoms with Gasteiger partial charge >= 0.3 is 0 Å². The molecule has 0 N–H and O–H groups in total. The minimum atomic E-state index is 0.616. The summed E-state index contributed by atoms with van der Waals surface area (Å²) in [6, 6.07) is 0.616. The van der Waals surface area contributed by atoms with Crippen molar-refractivity contribution in [3.8, 4) is 0 Å². The van der Waals surface area contributed by atoms with Crippen molar-refractivity contribution in [2.75, 3.05) is 6.54 Å². The summed E-state index contributed by atoms with van der Waals surface area (Å²) in [4.78, 5) is 0. The molecule has 0 fully saturated rings. The number of thioether (sulfide) groups is 1. The molecule has 0 radical (unpaired) electrons. The van der Waals surface area contributed by atoms with Gasteiger partial charge in [-0.1, -0.05) is 18.2 Å². The topological polar surface area (TPSA) is 3.01 Å². The largest absolute Gasteiger partial charge is 0.221 e. The highest BCUT2D eigenvalue weighted by atomic mass is 32.2. The van der Waals surface area contributed by atoms with E-state index in [4.69, 9.17) is 0 Å². The Morgan fingerprint density at radius 3 is 2.92 bits per heavy atom. The van der Waals surface area contributed by atoms with E-state index in [0.29, 0.717) is 11.3 Å². The summed E-state index contributed by atoms with van der Waals surface area (Å²) in [7, 11) is 0. The highest BCUT2D eigenvalue weighted by Crippen LogP contribution is 2.30. The van der Waals surface area contributed by atoms with Crippen LogP contribution in [0.4, 0.5) is 0 Å². The monoisotopic (exact) mass is 180 g/mol. The minimum Gasteiger partial charge on any atom is -0.221 e. The van der Waals surface area contributed by atoms with E-state index in [1.54, 1.807) is 0 Å². The Morgan fingerprint density at radius 1 is 1.42 bits per heavy atom. The lowest BCUT2D eigenvalue weighted by molar-refractivity contribution is -0.544. The van der Waals surface area contributed by atoms with Gasteiger partial charge in [-0.3, -0.25) is 0 Å². The SMILES string of the molecule is CC[N+]1=C(C)S[C@H]2C=CC=C[C@H]21. The van der Waals surface area contributed by atoms with Crippen LogP contribution >= 0.6 is 11.8 Å². The molecular formula is C10H14NS+. The standard InChI is InChI=1S/C10H14NS/c1-3-11-8(2)12-10-7-5-4-6-9(10)11/h4-7,9-10H,3H2,1-2H3/q+1/t9-,10+/m1/s1. The zero-order chi connectivity index (χ0) is 8.55. The Labute approximate surface area is 77.9 Å². The van der Waals surface area contributed by atoms with Gasteiger partial charge in [-0.05, 0) is 24.8 Å². The first-order valence-corrected chi connectivity index (χ1v) is 5.32. The molecule has 1 aliphatic carbocycles. The molecule has 2 rings (SSSR count). The summed E-state index contributed by atoms with van der Waals surface area (Å²) in [5, 5.41) is 2.12. The molecule has 0 bridgehead atoms. The summed E-state index contributed by atoms with van der Waals surface area (Å²) in [6.07, 6.45) is 8.91. The fourth-order valence-electron chi connectivity index (χ4n) is 1.87. The molecule has 0 aromatic heterocycles. The van der Waals surface area contributed by atoms with E-state index in [0.717, 1.165) is 6.54 Å². The zero-order valence-corrected chi connectivity index (χ0v) is 8.34. The molecule has 2 atom stereocenters. The average molecular weight is 180 g/mol. The van der Waals surface area contributed by atoms with Crippen LogP contribution in [0.3, 0.4) is 0 Å². The molecule has 1 nitrogen and oxygen atoms in total. The van der Waals surface area contributed by atoms with Crippen molar-refractivity contribution in [1.82, 2.24) is 0 Å². The first kappa shape index (κ1) is 8.11. The van der Waals surface area contributed by atoms with Crippen molar-refractivity contribution in [1.29, 1.82) is 0 Å². The van der Waals surface area contributed by atoms with Gasteiger partial charge in [0.2, 0.25) is 5.04 Å². The number of likely N-dealkylation sites (N-methyl/N-ethyl adjacent to an activating group) is 1. The van der Waals surface area contributed by atoms with Crippen LogP contribution in [0.5, 0.6) is 0 Å². The second kappa shape index (κ2) is 3.09. The molecule has 0 unspecified atom stereocenters. The number of fused-ring (bicyclic) bond motifs is 1. The van der Waals surface area contributed by atoms with Crippen molar-refractivity contribution in [2.45, 2.75) is 25.1 Å². The molecular weight excluding hydrogens is 166 g/mol. The highest BCUT2D eigenvalue weighted by molar-refractivity contribution is 8.14. The Bertz CT molecular complexity index is 276. The maximum atomic E-state index is 2.47. The van der Waals surface area contributed by atoms with Crippen LogP contribution in [0.15, 0.2) is 24.3 Å². The quantitative estimate of drug-likeness (QED) is 0.558. The molecule has 0 saturated heterocycles. The molecule has 0 aromatic carbocycles. The average Bonchev–Trinajstić information content (AvgIpc) is 2.40. The second-order valence-electron chi connectivity index (χ2n) is 3.15. The summed E-state index contributed by atoms with van der Waals surface area (Å²) < 4.78 is 2.47. The number of allylic oxidation sites excluding steroid dienone is 2. The molecule has 2 heteroatoms. The van der Waals surface area contributed by atoms with E-state index in [2.05, 4.69) is 42.7 Å². The number of hydrogen-bond acceptors (Lipinski definition) is 1. The van der Waals surface area contributed by atoms with E-state index in [1.165, 1.54) is 5.04 Å². The van der Waals surface area contributed by atoms with Crippen LogP contribution in [0.1, 0.15) is 13.8 Å². The third-order valence-corrected chi connectivity index (χ3v) is 3.75. The van der Waals surface area contributed by atoms with Crippen LogP contribution in [0.25, 0.3) is 0 Å². The van der Waals surface area contributed by atoms with E-state index in [-0.39, 0.29) is 0 Å². The van der Waals surface area contributed by atoms with Gasteiger partial charge in [-0.15, -0.1) is 0 Å². The Morgan fingerprint density at radius 2 is 2.17 bits per heavy atom. The normalized spacial score (nSPS) is 32.8. The lowest BCUT2D eigenvalue weighted by atomic mass is 10.1. The van der Waals surface area contributed by atoms with Crippen molar-refractivity contribution in [3.63, 3.8) is 0 Å². The predicted molar refractivity (Wildman–Crippen MR) is 54.9 cm³/mol. The maximum absolute atomic E-state index is 2.47. The summed E-state index contributed by atoms with van der Waals surface area (Å²) in [5.74, 6) is 0. The molecule has 2 aliphatic rings. The van der Waals surface area contributed by atoms with E-state index >= 15 is 0 Å². The van der Waals surface area contributed by atoms with E-state index < -0.39 is 0 Å². The van der Waals surface area contributed by atoms with Crippen LogP contribution in [0, 0.1) is 0 Å². The van der Waals surface area contributed by atoms with Gasteiger partial charge in [0.05, 0.1) is 5.25 Å². The van der Waals surface area contributed by atoms with Crippen molar-refractivity contribution >= 4 is 16.8 Å². The zero-order valence-electron chi connectivity index (χ0n) is 7.53. The van der Waals surface area contributed by atoms with Gasteiger partial charge in [0.1, 0.15) is 6.54 Å². The summed E-state index contributed by atoms with van der Waals surface area (Å²) in [6.45, 7) is 5.56.